The second-order valence-corrected chi connectivity index (χ2v) is 3.81. The molecule has 0 amide bonds. The van der Waals surface area contributed by atoms with Crippen molar-refractivity contribution < 1.29 is 18.3 Å². The van der Waals surface area contributed by atoms with Crippen LogP contribution < -0.4 is 0 Å². The summed E-state index contributed by atoms with van der Waals surface area (Å²) in [5.74, 6) is -0.255. The maximum absolute atomic E-state index is 12.4. The van der Waals surface area contributed by atoms with E-state index in [0.717, 1.165) is 5.56 Å². The molecular weight excluding hydrogens is 190 g/mol. The molecule has 0 aromatic carbocycles. The number of furan rings is 1. The van der Waals surface area contributed by atoms with Gasteiger partial charge in [-0.2, -0.15) is 0 Å². The Morgan fingerprint density at radius 2 is 2.29 bits per heavy atom. The van der Waals surface area contributed by atoms with Gasteiger partial charge in [-0.15, -0.1) is 0 Å². The predicted molar refractivity (Wildman–Crippen MR) is 46.2 cm³/mol. The van der Waals surface area contributed by atoms with E-state index in [1.807, 2.05) is 6.92 Å². The van der Waals surface area contributed by atoms with Crippen molar-refractivity contribution in [3.8, 4) is 0 Å². The summed E-state index contributed by atoms with van der Waals surface area (Å²) in [6, 6.07) is 0. The third-order valence-electron chi connectivity index (χ3n) is 2.77. The number of rotatable bonds is 1. The Labute approximate surface area is 80.5 Å². The Bertz CT molecular complexity index is 333. The van der Waals surface area contributed by atoms with Gasteiger partial charge < -0.3 is 9.52 Å². The van der Waals surface area contributed by atoms with E-state index in [2.05, 4.69) is 0 Å². The van der Waals surface area contributed by atoms with Crippen LogP contribution in [0.5, 0.6) is 0 Å². The van der Waals surface area contributed by atoms with Gasteiger partial charge in [0.15, 0.2) is 0 Å². The van der Waals surface area contributed by atoms with E-state index in [0.29, 0.717) is 11.3 Å². The summed E-state index contributed by atoms with van der Waals surface area (Å²) in [6.07, 6.45) is -1.30. The first kappa shape index (κ1) is 9.65. The van der Waals surface area contributed by atoms with E-state index < -0.39 is 18.4 Å². The maximum atomic E-state index is 12.4. The number of aliphatic hydroxyl groups excluding tert-OH is 1. The lowest BCUT2D eigenvalue weighted by Crippen LogP contribution is -2.23. The minimum absolute atomic E-state index is 0.130. The van der Waals surface area contributed by atoms with Gasteiger partial charge in [-0.05, 0) is 18.9 Å². The molecule has 1 heterocycles. The highest BCUT2D eigenvalue weighted by Crippen LogP contribution is 2.38. The van der Waals surface area contributed by atoms with Gasteiger partial charge in [-0.1, -0.05) is 0 Å². The molecule has 0 aliphatic heterocycles. The number of aliphatic hydroxyl groups is 1. The number of fused-ring (bicyclic) bond motifs is 1. The second kappa shape index (κ2) is 3.35. The summed E-state index contributed by atoms with van der Waals surface area (Å²) >= 11 is 0. The minimum atomic E-state index is -2.39. The lowest BCUT2D eigenvalue weighted by atomic mass is 9.85. The molecule has 14 heavy (non-hydrogen) atoms. The van der Waals surface area contributed by atoms with E-state index in [4.69, 9.17) is 4.42 Å². The summed E-state index contributed by atoms with van der Waals surface area (Å²) < 4.78 is 30.0. The number of hydrogen-bond donors (Lipinski definition) is 1. The first-order chi connectivity index (χ1) is 6.59. The van der Waals surface area contributed by atoms with Crippen LogP contribution in [0.3, 0.4) is 0 Å². The van der Waals surface area contributed by atoms with Crippen molar-refractivity contribution in [3.63, 3.8) is 0 Å². The minimum Gasteiger partial charge on any atom is -0.469 e. The van der Waals surface area contributed by atoms with E-state index in [9.17, 15) is 13.9 Å². The standard InChI is InChI=1S/C10H12F2O2/c1-5-4-14-8-3-6(10(11)12)2-7(13)9(5)8/h4,6-7,10,13H,2-3H2,1H3/t6-,7-/m1/s1. The number of alkyl halides is 2. The molecule has 2 atom stereocenters. The van der Waals surface area contributed by atoms with Crippen LogP contribution in [-0.2, 0) is 6.42 Å². The SMILES string of the molecule is Cc1coc2c1[C@H](O)C[C@@H](C(F)F)C2. The number of halogens is 2. The average Bonchev–Trinajstić information content (AvgIpc) is 2.48. The van der Waals surface area contributed by atoms with Crippen LogP contribution in [0.25, 0.3) is 0 Å². The predicted octanol–water partition coefficient (Wildman–Crippen LogP) is 2.45. The summed E-state index contributed by atoms with van der Waals surface area (Å²) in [4.78, 5) is 0. The number of aryl methyl sites for hydroxylation is 1. The summed E-state index contributed by atoms with van der Waals surface area (Å²) in [5, 5.41) is 9.66. The molecule has 0 saturated heterocycles. The quantitative estimate of drug-likeness (QED) is 0.758. The Morgan fingerprint density at radius 1 is 1.57 bits per heavy atom. The lowest BCUT2D eigenvalue weighted by Gasteiger charge is -2.25. The molecule has 0 radical (unpaired) electrons. The highest BCUT2D eigenvalue weighted by Gasteiger charge is 2.34. The van der Waals surface area contributed by atoms with Crippen LogP contribution in [0, 0.1) is 12.8 Å². The van der Waals surface area contributed by atoms with Crippen molar-refractivity contribution in [2.24, 2.45) is 5.92 Å². The molecule has 1 aliphatic carbocycles. The van der Waals surface area contributed by atoms with Gasteiger partial charge in [0.1, 0.15) is 5.76 Å². The Hall–Kier alpha value is -0.900. The zero-order valence-corrected chi connectivity index (χ0v) is 7.84. The van der Waals surface area contributed by atoms with Crippen molar-refractivity contribution in [2.75, 3.05) is 0 Å². The number of hydrogen-bond acceptors (Lipinski definition) is 2. The maximum Gasteiger partial charge on any atom is 0.241 e. The van der Waals surface area contributed by atoms with Crippen LogP contribution in [0.4, 0.5) is 8.78 Å². The van der Waals surface area contributed by atoms with Gasteiger partial charge in [-0.25, -0.2) is 8.78 Å². The van der Waals surface area contributed by atoms with Gasteiger partial charge in [0, 0.05) is 17.9 Å². The largest absolute Gasteiger partial charge is 0.469 e. The molecule has 2 nitrogen and oxygen atoms in total. The molecule has 0 spiro atoms. The Kier molecular flexibility index (Phi) is 2.31. The third kappa shape index (κ3) is 1.43. The van der Waals surface area contributed by atoms with Gasteiger partial charge in [0.25, 0.3) is 0 Å². The first-order valence-corrected chi connectivity index (χ1v) is 4.62. The monoisotopic (exact) mass is 202 g/mol. The molecule has 4 heteroatoms. The highest BCUT2D eigenvalue weighted by molar-refractivity contribution is 5.31. The van der Waals surface area contributed by atoms with Gasteiger partial charge in [-0.3, -0.25) is 0 Å². The molecule has 1 N–H and O–H groups in total. The van der Waals surface area contributed by atoms with Gasteiger partial charge >= 0.3 is 0 Å². The Morgan fingerprint density at radius 3 is 2.93 bits per heavy atom. The smallest absolute Gasteiger partial charge is 0.241 e. The highest BCUT2D eigenvalue weighted by atomic mass is 19.3. The lowest BCUT2D eigenvalue weighted by molar-refractivity contribution is 0.0261. The fraction of sp³-hybridized carbons (Fsp3) is 0.600. The van der Waals surface area contributed by atoms with E-state index in [1.165, 1.54) is 6.26 Å². The van der Waals surface area contributed by atoms with Crippen LogP contribution in [0.2, 0.25) is 0 Å². The van der Waals surface area contributed by atoms with Crippen molar-refractivity contribution in [2.45, 2.75) is 32.3 Å². The van der Waals surface area contributed by atoms with Crippen molar-refractivity contribution in [1.29, 1.82) is 0 Å². The fourth-order valence-electron chi connectivity index (χ4n) is 2.03. The molecule has 1 aliphatic rings. The molecule has 0 bridgehead atoms. The molecule has 1 aromatic heterocycles. The fourth-order valence-corrected chi connectivity index (χ4v) is 2.03. The normalized spacial score (nSPS) is 26.6. The third-order valence-corrected chi connectivity index (χ3v) is 2.77. The summed E-state index contributed by atoms with van der Waals surface area (Å²) in [5.41, 5.74) is 1.56. The molecular formula is C10H12F2O2. The van der Waals surface area contributed by atoms with Crippen LogP contribution in [0.15, 0.2) is 10.7 Å². The van der Waals surface area contributed by atoms with E-state index in [1.54, 1.807) is 0 Å². The van der Waals surface area contributed by atoms with E-state index in [-0.39, 0.29) is 12.8 Å². The topological polar surface area (TPSA) is 33.4 Å². The molecule has 1 aromatic rings. The van der Waals surface area contributed by atoms with Gasteiger partial charge in [0.2, 0.25) is 6.43 Å². The average molecular weight is 202 g/mol. The molecule has 0 saturated carbocycles. The zero-order valence-electron chi connectivity index (χ0n) is 7.84. The summed E-state index contributed by atoms with van der Waals surface area (Å²) in [7, 11) is 0. The molecule has 2 rings (SSSR count). The molecule has 0 fully saturated rings. The van der Waals surface area contributed by atoms with E-state index >= 15 is 0 Å². The Balaban J connectivity index is 2.30. The van der Waals surface area contributed by atoms with Crippen molar-refractivity contribution in [3.05, 3.63) is 23.2 Å². The van der Waals surface area contributed by atoms with Gasteiger partial charge in [0.05, 0.1) is 12.4 Å². The van der Waals surface area contributed by atoms with Crippen LogP contribution in [-0.4, -0.2) is 11.5 Å². The van der Waals surface area contributed by atoms with Crippen molar-refractivity contribution >= 4 is 0 Å². The van der Waals surface area contributed by atoms with Crippen LogP contribution in [0.1, 0.15) is 29.4 Å². The van der Waals surface area contributed by atoms with Crippen LogP contribution >= 0.6 is 0 Å². The zero-order chi connectivity index (χ0) is 10.3. The first-order valence-electron chi connectivity index (χ1n) is 4.62. The van der Waals surface area contributed by atoms with Crippen molar-refractivity contribution in [1.82, 2.24) is 0 Å². The molecule has 78 valence electrons. The second-order valence-electron chi connectivity index (χ2n) is 3.81. The molecule has 0 unspecified atom stereocenters. The summed E-state index contributed by atoms with van der Waals surface area (Å²) in [6.45, 7) is 1.81.